The minimum Gasteiger partial charge on any atom is -0.396 e. The van der Waals surface area contributed by atoms with E-state index in [1.165, 1.54) is 96.3 Å². The van der Waals surface area contributed by atoms with Crippen molar-refractivity contribution < 1.29 is 10.2 Å². The van der Waals surface area contributed by atoms with E-state index in [0.717, 1.165) is 12.8 Å². The van der Waals surface area contributed by atoms with Crippen LogP contribution in [-0.2, 0) is 0 Å². The van der Waals surface area contributed by atoms with Gasteiger partial charge in [-0.15, -0.1) is 12.4 Å². The molecule has 0 aromatic heterocycles. The minimum absolute atomic E-state index is 0. The maximum atomic E-state index is 9.10. The molecular formula is C23H50ClNO2. The molecule has 0 aliphatic heterocycles. The average Bonchev–Trinajstić information content (AvgIpc) is 2.62. The van der Waals surface area contributed by atoms with Gasteiger partial charge in [0.1, 0.15) is 0 Å². The lowest BCUT2D eigenvalue weighted by molar-refractivity contribution is 0.183. The first-order valence-corrected chi connectivity index (χ1v) is 11.7. The van der Waals surface area contributed by atoms with Gasteiger partial charge in [-0.1, -0.05) is 110 Å². The van der Waals surface area contributed by atoms with Crippen LogP contribution in [0.4, 0.5) is 0 Å². The normalized spacial score (nSPS) is 11.6. The van der Waals surface area contributed by atoms with E-state index in [0.29, 0.717) is 12.8 Å². The third-order valence-corrected chi connectivity index (χ3v) is 5.75. The average molecular weight is 408 g/mol. The summed E-state index contributed by atoms with van der Waals surface area (Å²) in [4.78, 5) is 0. The molecule has 166 valence electrons. The second kappa shape index (κ2) is 22.5. The first-order chi connectivity index (χ1) is 12.7. The highest BCUT2D eigenvalue weighted by Gasteiger charge is 2.22. The second-order valence-corrected chi connectivity index (χ2v) is 8.36. The zero-order valence-electron chi connectivity index (χ0n) is 18.2. The van der Waals surface area contributed by atoms with Crippen molar-refractivity contribution in [2.75, 3.05) is 13.2 Å². The first-order valence-electron chi connectivity index (χ1n) is 11.7. The van der Waals surface area contributed by atoms with Crippen LogP contribution in [0.5, 0.6) is 0 Å². The summed E-state index contributed by atoms with van der Waals surface area (Å²) < 4.78 is 0. The highest BCUT2D eigenvalue weighted by Crippen LogP contribution is 2.21. The molecule has 0 aromatic carbocycles. The lowest BCUT2D eigenvalue weighted by Crippen LogP contribution is -2.41. The summed E-state index contributed by atoms with van der Waals surface area (Å²) in [5.41, 5.74) is 5.90. The molecule has 3 nitrogen and oxygen atoms in total. The van der Waals surface area contributed by atoms with E-state index < -0.39 is 0 Å². The molecule has 0 bridgehead atoms. The maximum absolute atomic E-state index is 9.10. The molecule has 4 N–H and O–H groups in total. The summed E-state index contributed by atoms with van der Waals surface area (Å²) in [6.45, 7) is 2.52. The molecule has 0 heterocycles. The molecule has 0 aliphatic carbocycles. The van der Waals surface area contributed by atoms with Gasteiger partial charge in [0.15, 0.2) is 0 Å². The van der Waals surface area contributed by atoms with E-state index in [2.05, 4.69) is 6.92 Å². The molecule has 0 saturated heterocycles. The Kier molecular flexibility index (Phi) is 24.4. The fourth-order valence-corrected chi connectivity index (χ4v) is 3.85. The Balaban J connectivity index is 0. The van der Waals surface area contributed by atoms with Crippen LogP contribution in [-0.4, -0.2) is 29.0 Å². The topological polar surface area (TPSA) is 66.5 Å². The zero-order chi connectivity index (χ0) is 19.3. The van der Waals surface area contributed by atoms with Crippen LogP contribution < -0.4 is 5.73 Å². The summed E-state index contributed by atoms with van der Waals surface area (Å²) in [7, 11) is 0. The monoisotopic (exact) mass is 407 g/mol. The van der Waals surface area contributed by atoms with Gasteiger partial charge in [0.2, 0.25) is 0 Å². The Morgan fingerprint density at radius 2 is 0.815 bits per heavy atom. The molecule has 4 heteroatoms. The van der Waals surface area contributed by atoms with Gasteiger partial charge in [0, 0.05) is 18.8 Å². The molecule has 27 heavy (non-hydrogen) atoms. The molecule has 0 fully saturated rings. The fraction of sp³-hybridized carbons (Fsp3) is 1.00. The van der Waals surface area contributed by atoms with Gasteiger partial charge >= 0.3 is 0 Å². The summed E-state index contributed by atoms with van der Waals surface area (Å²) in [5, 5.41) is 18.2. The second-order valence-electron chi connectivity index (χ2n) is 8.36. The van der Waals surface area contributed by atoms with Crippen molar-refractivity contribution in [3.8, 4) is 0 Å². The Hall–Kier alpha value is 0.170. The van der Waals surface area contributed by atoms with E-state index in [1.807, 2.05) is 0 Å². The molecular weight excluding hydrogens is 358 g/mol. The van der Waals surface area contributed by atoms with Gasteiger partial charge in [-0.25, -0.2) is 0 Å². The number of nitrogens with two attached hydrogens (primary N) is 1. The quantitative estimate of drug-likeness (QED) is 0.190. The molecule has 0 atom stereocenters. The minimum atomic E-state index is -0.362. The number of aliphatic hydroxyl groups is 2. The summed E-state index contributed by atoms with van der Waals surface area (Å²) >= 11 is 0. The molecule has 0 unspecified atom stereocenters. The van der Waals surface area contributed by atoms with E-state index in [1.54, 1.807) is 0 Å². The smallest absolute Gasteiger partial charge is 0.0448 e. The predicted molar refractivity (Wildman–Crippen MR) is 122 cm³/mol. The van der Waals surface area contributed by atoms with Gasteiger partial charge in [0.25, 0.3) is 0 Å². The molecule has 0 rings (SSSR count). The SMILES string of the molecule is CCCCCCCCCCCCCCCCCCC(N)(CCO)CCO.Cl. The van der Waals surface area contributed by atoms with Gasteiger partial charge in [-0.3, -0.25) is 0 Å². The van der Waals surface area contributed by atoms with Crippen molar-refractivity contribution in [3.63, 3.8) is 0 Å². The van der Waals surface area contributed by atoms with Crippen molar-refractivity contribution >= 4 is 12.4 Å². The van der Waals surface area contributed by atoms with E-state index in [4.69, 9.17) is 15.9 Å². The van der Waals surface area contributed by atoms with Crippen LogP contribution in [0.1, 0.15) is 129 Å². The van der Waals surface area contributed by atoms with Gasteiger partial charge < -0.3 is 15.9 Å². The zero-order valence-corrected chi connectivity index (χ0v) is 19.0. The molecule has 0 radical (unpaired) electrons. The molecule has 0 amide bonds. The molecule has 0 saturated carbocycles. The van der Waals surface area contributed by atoms with Crippen LogP contribution in [0.2, 0.25) is 0 Å². The number of aliphatic hydroxyl groups excluding tert-OH is 2. The molecule has 0 aromatic rings. The highest BCUT2D eigenvalue weighted by molar-refractivity contribution is 5.85. The lowest BCUT2D eigenvalue weighted by atomic mass is 9.87. The third kappa shape index (κ3) is 20.7. The summed E-state index contributed by atoms with van der Waals surface area (Å²) in [6.07, 6.45) is 24.1. The fourth-order valence-electron chi connectivity index (χ4n) is 3.85. The van der Waals surface area contributed by atoms with Crippen molar-refractivity contribution in [2.24, 2.45) is 5.73 Å². The van der Waals surface area contributed by atoms with Gasteiger partial charge in [-0.2, -0.15) is 0 Å². The lowest BCUT2D eigenvalue weighted by Gasteiger charge is -2.28. The van der Waals surface area contributed by atoms with E-state index in [-0.39, 0.29) is 31.2 Å². The number of hydrogen-bond acceptors (Lipinski definition) is 3. The van der Waals surface area contributed by atoms with Crippen molar-refractivity contribution in [1.29, 1.82) is 0 Å². The van der Waals surface area contributed by atoms with E-state index in [9.17, 15) is 0 Å². The summed E-state index contributed by atoms with van der Waals surface area (Å²) in [5.74, 6) is 0. The van der Waals surface area contributed by atoms with Crippen molar-refractivity contribution in [1.82, 2.24) is 0 Å². The maximum Gasteiger partial charge on any atom is 0.0448 e. The highest BCUT2D eigenvalue weighted by atomic mass is 35.5. The standard InChI is InChI=1S/C23H49NO2.ClH/c1-2-3-4-5-6-7-8-9-10-11-12-13-14-15-16-17-18-23(24,19-21-25)20-22-26;/h25-26H,2-22,24H2,1H3;1H. The van der Waals surface area contributed by atoms with Crippen LogP contribution in [0.25, 0.3) is 0 Å². The number of hydrogen-bond donors (Lipinski definition) is 3. The van der Waals surface area contributed by atoms with Gasteiger partial charge in [0.05, 0.1) is 0 Å². The number of unbranched alkanes of at least 4 members (excludes halogenated alkanes) is 15. The summed E-state index contributed by atoms with van der Waals surface area (Å²) in [6, 6.07) is 0. The van der Waals surface area contributed by atoms with Crippen molar-refractivity contribution in [3.05, 3.63) is 0 Å². The van der Waals surface area contributed by atoms with Crippen molar-refractivity contribution in [2.45, 2.75) is 134 Å². The largest absolute Gasteiger partial charge is 0.396 e. The number of rotatable bonds is 21. The van der Waals surface area contributed by atoms with Crippen LogP contribution in [0.15, 0.2) is 0 Å². The van der Waals surface area contributed by atoms with Crippen LogP contribution in [0.3, 0.4) is 0 Å². The van der Waals surface area contributed by atoms with Crippen LogP contribution in [0, 0.1) is 0 Å². The Morgan fingerprint density at radius 3 is 1.11 bits per heavy atom. The Labute approximate surface area is 176 Å². The third-order valence-electron chi connectivity index (χ3n) is 5.75. The molecule has 0 aliphatic rings. The molecule has 0 spiro atoms. The van der Waals surface area contributed by atoms with E-state index >= 15 is 0 Å². The predicted octanol–water partition coefficient (Wildman–Crippen LogP) is 6.52. The van der Waals surface area contributed by atoms with Gasteiger partial charge in [-0.05, 0) is 19.3 Å². The Morgan fingerprint density at radius 1 is 0.519 bits per heavy atom. The Bertz CT molecular complexity index is 271. The number of halogens is 1. The first kappa shape index (κ1) is 29.4. The van der Waals surface area contributed by atoms with Crippen LogP contribution >= 0.6 is 12.4 Å².